The summed E-state index contributed by atoms with van der Waals surface area (Å²) in [4.78, 5) is 64.9. The fourth-order valence-corrected chi connectivity index (χ4v) is 5.53. The first-order valence-electron chi connectivity index (χ1n) is 13.3. The molecule has 0 saturated carbocycles. The van der Waals surface area contributed by atoms with E-state index in [1.807, 2.05) is 17.9 Å². The van der Waals surface area contributed by atoms with E-state index in [2.05, 4.69) is 21.3 Å². The molecule has 3 aliphatic rings. The second-order valence-corrected chi connectivity index (χ2v) is 10.3. The highest BCUT2D eigenvalue weighted by atomic mass is 16.4. The van der Waals surface area contributed by atoms with Gasteiger partial charge in [0.15, 0.2) is 0 Å². The van der Waals surface area contributed by atoms with Crippen LogP contribution in [-0.4, -0.2) is 76.8 Å². The van der Waals surface area contributed by atoms with E-state index in [0.717, 1.165) is 29.8 Å². The largest absolute Gasteiger partial charge is 0.480 e. The van der Waals surface area contributed by atoms with E-state index in [9.17, 15) is 29.1 Å². The second-order valence-electron chi connectivity index (χ2n) is 10.3. The first-order chi connectivity index (χ1) is 19.2. The van der Waals surface area contributed by atoms with Crippen molar-refractivity contribution >= 4 is 35.4 Å². The Morgan fingerprint density at radius 1 is 1.10 bits per heavy atom. The van der Waals surface area contributed by atoms with Crippen LogP contribution in [0.15, 0.2) is 36.4 Å². The number of urea groups is 1. The summed E-state index contributed by atoms with van der Waals surface area (Å²) in [6, 6.07) is 8.57. The number of aliphatic carboxylic acids is 1. The fraction of sp³-hybridized carbons (Fsp3) is 0.393. The highest BCUT2D eigenvalue weighted by molar-refractivity contribution is 6.05. The maximum atomic E-state index is 12.9. The molecule has 0 radical (unpaired) electrons. The summed E-state index contributed by atoms with van der Waals surface area (Å²) in [5.74, 6) is -1.98. The van der Waals surface area contributed by atoms with Crippen molar-refractivity contribution in [2.75, 3.05) is 31.5 Å². The normalized spacial score (nSPS) is 20.1. The van der Waals surface area contributed by atoms with Crippen molar-refractivity contribution in [1.82, 2.24) is 25.8 Å². The number of piperidine rings is 1. The summed E-state index contributed by atoms with van der Waals surface area (Å²) in [5.41, 5.74) is 3.99. The molecule has 2 saturated heterocycles. The SMILES string of the molecule is Cc1ccc(NC(=O)NCc2ccc3c(c2)CN(C2CCC(=O)NC2=O)C3=O)cc1C(C(=O)O)N1CCNCC1. The Morgan fingerprint density at radius 2 is 1.88 bits per heavy atom. The standard InChI is InChI=1S/C28H32N6O6/c1-16-2-4-19(13-21(16)24(27(38)39)33-10-8-29-9-11-33)31-28(40)30-14-17-3-5-20-18(12-17)15-34(26(20)37)22-6-7-23(35)32-25(22)36/h2-5,12-13,22,24,29H,6-11,14-15H2,1H3,(H,38,39)(H2,30,31,40)(H,32,35,36). The number of anilines is 1. The molecule has 40 heavy (non-hydrogen) atoms. The molecule has 0 spiro atoms. The van der Waals surface area contributed by atoms with Gasteiger partial charge in [0.05, 0.1) is 0 Å². The Morgan fingerprint density at radius 3 is 2.60 bits per heavy atom. The topological polar surface area (TPSA) is 160 Å². The van der Waals surface area contributed by atoms with Crippen molar-refractivity contribution < 1.29 is 29.1 Å². The number of amides is 5. The van der Waals surface area contributed by atoms with Gasteiger partial charge in [0.2, 0.25) is 11.8 Å². The molecule has 0 bridgehead atoms. The van der Waals surface area contributed by atoms with Crippen molar-refractivity contribution in [3.63, 3.8) is 0 Å². The van der Waals surface area contributed by atoms with Gasteiger partial charge in [-0.1, -0.05) is 18.2 Å². The predicted molar refractivity (Wildman–Crippen MR) is 144 cm³/mol. The van der Waals surface area contributed by atoms with Gasteiger partial charge in [-0.05, 0) is 53.8 Å². The Balaban J connectivity index is 1.21. The zero-order valence-electron chi connectivity index (χ0n) is 22.2. The van der Waals surface area contributed by atoms with E-state index in [0.29, 0.717) is 36.3 Å². The first kappa shape index (κ1) is 27.3. The maximum absolute atomic E-state index is 12.9. The molecule has 210 valence electrons. The van der Waals surface area contributed by atoms with E-state index < -0.39 is 30.0 Å². The quantitative estimate of drug-likeness (QED) is 0.322. The third-order valence-corrected chi connectivity index (χ3v) is 7.62. The number of carbonyl (C=O) groups excluding carboxylic acids is 4. The van der Waals surface area contributed by atoms with Crippen LogP contribution in [0.3, 0.4) is 0 Å². The number of hydrogen-bond acceptors (Lipinski definition) is 7. The van der Waals surface area contributed by atoms with Crippen LogP contribution in [0.1, 0.15) is 51.5 Å². The van der Waals surface area contributed by atoms with Crippen molar-refractivity contribution in [3.05, 3.63) is 64.2 Å². The van der Waals surface area contributed by atoms with Crippen LogP contribution in [0.25, 0.3) is 0 Å². The molecule has 5 rings (SSSR count). The summed E-state index contributed by atoms with van der Waals surface area (Å²) in [7, 11) is 0. The number of piperazine rings is 1. The first-order valence-corrected chi connectivity index (χ1v) is 13.3. The lowest BCUT2D eigenvalue weighted by Crippen LogP contribution is -2.52. The van der Waals surface area contributed by atoms with Crippen LogP contribution < -0.4 is 21.3 Å². The zero-order chi connectivity index (χ0) is 28.4. The smallest absolute Gasteiger partial charge is 0.325 e. The Hall–Kier alpha value is -4.29. The lowest BCUT2D eigenvalue weighted by molar-refractivity contribution is -0.144. The number of fused-ring (bicyclic) bond motifs is 1. The lowest BCUT2D eigenvalue weighted by Gasteiger charge is -2.33. The third-order valence-electron chi connectivity index (χ3n) is 7.62. The van der Waals surface area contributed by atoms with Crippen molar-refractivity contribution in [3.8, 4) is 0 Å². The minimum absolute atomic E-state index is 0.190. The highest BCUT2D eigenvalue weighted by Crippen LogP contribution is 2.29. The molecular weight excluding hydrogens is 516 g/mol. The Labute approximate surface area is 231 Å². The van der Waals surface area contributed by atoms with Gasteiger partial charge in [-0.3, -0.25) is 29.4 Å². The van der Waals surface area contributed by atoms with Gasteiger partial charge in [-0.2, -0.15) is 0 Å². The number of carbonyl (C=O) groups is 5. The van der Waals surface area contributed by atoms with Crippen molar-refractivity contribution in [1.29, 1.82) is 0 Å². The number of aryl methyl sites for hydroxylation is 1. The molecule has 2 unspecified atom stereocenters. The van der Waals surface area contributed by atoms with Crippen molar-refractivity contribution in [2.45, 2.75) is 44.9 Å². The minimum atomic E-state index is -0.933. The number of rotatable bonds is 7. The summed E-state index contributed by atoms with van der Waals surface area (Å²) in [5, 5.41) is 21.1. The molecule has 5 amide bonds. The molecule has 0 aliphatic carbocycles. The van der Waals surface area contributed by atoms with Gasteiger partial charge in [-0.15, -0.1) is 0 Å². The maximum Gasteiger partial charge on any atom is 0.325 e. The van der Waals surface area contributed by atoms with E-state index in [1.54, 1.807) is 30.3 Å². The highest BCUT2D eigenvalue weighted by Gasteiger charge is 2.39. The molecular formula is C28H32N6O6. The van der Waals surface area contributed by atoms with Gasteiger partial charge in [-0.25, -0.2) is 4.79 Å². The molecule has 0 aromatic heterocycles. The van der Waals surface area contributed by atoms with E-state index in [-0.39, 0.29) is 31.3 Å². The van der Waals surface area contributed by atoms with E-state index in [4.69, 9.17) is 0 Å². The number of benzene rings is 2. The molecule has 2 aromatic rings. The third kappa shape index (κ3) is 5.68. The van der Waals surface area contributed by atoms with Crippen LogP contribution >= 0.6 is 0 Å². The van der Waals surface area contributed by atoms with Gasteiger partial charge in [0.25, 0.3) is 5.91 Å². The molecule has 2 fully saturated rings. The molecule has 3 heterocycles. The number of nitrogens with zero attached hydrogens (tertiary/aromatic N) is 2. The summed E-state index contributed by atoms with van der Waals surface area (Å²) >= 11 is 0. The average Bonchev–Trinajstić information content (AvgIpc) is 3.25. The molecule has 2 atom stereocenters. The lowest BCUT2D eigenvalue weighted by atomic mass is 9.98. The van der Waals surface area contributed by atoms with Gasteiger partial charge in [0, 0.05) is 56.9 Å². The molecule has 3 aliphatic heterocycles. The van der Waals surface area contributed by atoms with Crippen LogP contribution in [0.4, 0.5) is 10.5 Å². The summed E-state index contributed by atoms with van der Waals surface area (Å²) < 4.78 is 0. The fourth-order valence-electron chi connectivity index (χ4n) is 5.53. The van der Waals surface area contributed by atoms with Crippen LogP contribution in [0.5, 0.6) is 0 Å². The Bertz CT molecular complexity index is 1370. The number of imide groups is 1. The van der Waals surface area contributed by atoms with E-state index in [1.165, 1.54) is 4.90 Å². The number of carboxylic acid groups (broad SMARTS) is 1. The monoisotopic (exact) mass is 548 g/mol. The van der Waals surface area contributed by atoms with Gasteiger partial charge in [0.1, 0.15) is 12.1 Å². The van der Waals surface area contributed by atoms with Crippen LogP contribution in [-0.2, 0) is 27.5 Å². The number of hydrogen-bond donors (Lipinski definition) is 5. The number of carboxylic acids is 1. The van der Waals surface area contributed by atoms with Crippen LogP contribution in [0.2, 0.25) is 0 Å². The Kier molecular flexibility index (Phi) is 7.81. The molecule has 12 heteroatoms. The van der Waals surface area contributed by atoms with Gasteiger partial charge < -0.3 is 26.0 Å². The molecule has 2 aromatic carbocycles. The average molecular weight is 549 g/mol. The second kappa shape index (κ2) is 11.4. The van der Waals surface area contributed by atoms with Crippen LogP contribution in [0, 0.1) is 6.92 Å². The number of nitrogens with one attached hydrogen (secondary N) is 4. The zero-order valence-corrected chi connectivity index (χ0v) is 22.2. The summed E-state index contributed by atoms with van der Waals surface area (Å²) in [6.45, 7) is 4.98. The summed E-state index contributed by atoms with van der Waals surface area (Å²) in [6.07, 6.45) is 0.484. The minimum Gasteiger partial charge on any atom is -0.480 e. The molecule has 12 nitrogen and oxygen atoms in total. The van der Waals surface area contributed by atoms with Gasteiger partial charge >= 0.3 is 12.0 Å². The molecule has 5 N–H and O–H groups in total. The van der Waals surface area contributed by atoms with E-state index >= 15 is 0 Å². The predicted octanol–water partition coefficient (Wildman–Crippen LogP) is 1.11. The van der Waals surface area contributed by atoms with Crippen molar-refractivity contribution in [2.24, 2.45) is 0 Å².